The third-order valence-electron chi connectivity index (χ3n) is 8.21. The molecule has 5 aromatic rings. The molecular formula is C37H40BNO2. The van der Waals surface area contributed by atoms with E-state index in [0.717, 1.165) is 19.6 Å². The average molecular weight is 542 g/mol. The maximum atomic E-state index is 11.9. The summed E-state index contributed by atoms with van der Waals surface area (Å²) in [5.74, 6) is -0.244. The van der Waals surface area contributed by atoms with Gasteiger partial charge in [-0.25, -0.2) is 4.79 Å². The minimum absolute atomic E-state index is 0.244. The highest BCUT2D eigenvalue weighted by Crippen LogP contribution is 2.12. The van der Waals surface area contributed by atoms with Crippen molar-refractivity contribution in [2.75, 3.05) is 19.6 Å². The van der Waals surface area contributed by atoms with Gasteiger partial charge in [0.25, 0.3) is 0 Å². The Kier molecular flexibility index (Phi) is 10.3. The molecule has 0 radical (unpaired) electrons. The number of benzene rings is 5. The van der Waals surface area contributed by atoms with Gasteiger partial charge in [-0.1, -0.05) is 140 Å². The summed E-state index contributed by atoms with van der Waals surface area (Å²) in [5.41, 5.74) is 5.97. The zero-order valence-corrected chi connectivity index (χ0v) is 24.4. The number of hydrogen-bond donors (Lipinski definition) is 0. The summed E-state index contributed by atoms with van der Waals surface area (Å²) in [6.45, 7) is 8.49. The van der Waals surface area contributed by atoms with Crippen molar-refractivity contribution in [3.63, 3.8) is 0 Å². The first-order chi connectivity index (χ1) is 20.1. The second kappa shape index (κ2) is 14.3. The summed E-state index contributed by atoms with van der Waals surface area (Å²) in [5, 5.41) is 0. The van der Waals surface area contributed by atoms with E-state index in [-0.39, 0.29) is 5.97 Å². The molecule has 0 aliphatic heterocycles. The molecule has 0 aliphatic carbocycles. The van der Waals surface area contributed by atoms with Crippen LogP contribution in [0.15, 0.2) is 152 Å². The zero-order chi connectivity index (χ0) is 29.0. The van der Waals surface area contributed by atoms with Crippen LogP contribution in [-0.4, -0.2) is 36.4 Å². The molecule has 5 rings (SSSR count). The summed E-state index contributed by atoms with van der Waals surface area (Å²) < 4.78 is 0.383. The van der Waals surface area contributed by atoms with E-state index in [1.807, 2.05) is 39.0 Å². The molecule has 5 aromatic carbocycles. The summed E-state index contributed by atoms with van der Waals surface area (Å²) in [7, 11) is 0. The Bertz CT molecular complexity index is 1280. The van der Waals surface area contributed by atoms with Crippen LogP contribution in [0.2, 0.25) is 0 Å². The van der Waals surface area contributed by atoms with Crippen LogP contribution in [0.5, 0.6) is 0 Å². The van der Waals surface area contributed by atoms with Crippen LogP contribution < -0.4 is 21.9 Å². The fourth-order valence-electron chi connectivity index (χ4n) is 5.79. The molecule has 3 nitrogen and oxygen atoms in total. The molecule has 0 atom stereocenters. The summed E-state index contributed by atoms with van der Waals surface area (Å²) in [4.78, 5) is 17.5. The van der Waals surface area contributed by atoms with Crippen LogP contribution in [0, 0.1) is 0 Å². The molecule has 0 spiro atoms. The van der Waals surface area contributed by atoms with Gasteiger partial charge in [-0.3, -0.25) is 4.84 Å². The summed E-state index contributed by atoms with van der Waals surface area (Å²) in [6, 6.07) is 52.6. The predicted octanol–water partition coefficient (Wildman–Crippen LogP) is 5.70. The van der Waals surface area contributed by atoms with Crippen molar-refractivity contribution in [3.8, 4) is 0 Å². The third-order valence-corrected chi connectivity index (χ3v) is 8.21. The molecule has 0 aromatic heterocycles. The highest BCUT2D eigenvalue weighted by atomic mass is 16.7. The predicted molar refractivity (Wildman–Crippen MR) is 174 cm³/mol. The maximum absolute atomic E-state index is 11.9. The van der Waals surface area contributed by atoms with Crippen LogP contribution in [0.4, 0.5) is 0 Å². The fraction of sp³-hybridized carbons (Fsp3) is 0.162. The van der Waals surface area contributed by atoms with E-state index < -0.39 is 6.15 Å². The molecular weight excluding hydrogens is 501 g/mol. The van der Waals surface area contributed by atoms with Gasteiger partial charge in [0.05, 0.1) is 5.56 Å². The van der Waals surface area contributed by atoms with Gasteiger partial charge in [-0.2, -0.15) is 21.9 Å². The van der Waals surface area contributed by atoms with Crippen molar-refractivity contribution >= 4 is 34.0 Å². The Morgan fingerprint density at radius 1 is 0.488 bits per heavy atom. The molecule has 0 bridgehead atoms. The number of carbonyl (C=O) groups is 1. The van der Waals surface area contributed by atoms with Gasteiger partial charge >= 0.3 is 5.97 Å². The molecule has 0 amide bonds. The Morgan fingerprint density at radius 2 is 0.756 bits per heavy atom. The third kappa shape index (κ3) is 6.67. The van der Waals surface area contributed by atoms with Gasteiger partial charge in [0.2, 0.25) is 0 Å². The van der Waals surface area contributed by atoms with Gasteiger partial charge in [0, 0.05) is 0 Å². The molecule has 0 aliphatic rings. The van der Waals surface area contributed by atoms with Crippen molar-refractivity contribution in [3.05, 3.63) is 157 Å². The number of quaternary nitrogens is 1. The highest BCUT2D eigenvalue weighted by molar-refractivity contribution is 7.19. The summed E-state index contributed by atoms with van der Waals surface area (Å²) >= 11 is 0. The topological polar surface area (TPSA) is 26.3 Å². The quantitative estimate of drug-likeness (QED) is 0.136. The van der Waals surface area contributed by atoms with Crippen LogP contribution in [-0.2, 0) is 4.84 Å². The Hall–Kier alpha value is -4.41. The van der Waals surface area contributed by atoms with Crippen LogP contribution in [0.3, 0.4) is 0 Å². The number of hydroxylamine groups is 3. The van der Waals surface area contributed by atoms with Crippen LogP contribution in [0.1, 0.15) is 31.1 Å². The van der Waals surface area contributed by atoms with Gasteiger partial charge in [0.1, 0.15) is 25.8 Å². The first-order valence-electron chi connectivity index (χ1n) is 14.6. The van der Waals surface area contributed by atoms with Crippen molar-refractivity contribution in [1.82, 2.24) is 0 Å². The van der Waals surface area contributed by atoms with E-state index in [1.165, 1.54) is 21.9 Å². The monoisotopic (exact) mass is 541 g/mol. The lowest BCUT2D eigenvalue weighted by Crippen LogP contribution is -2.74. The molecule has 0 unspecified atom stereocenters. The summed E-state index contributed by atoms with van der Waals surface area (Å²) in [6.07, 6.45) is -1.22. The minimum atomic E-state index is -1.22. The molecule has 4 heteroatoms. The molecule has 0 saturated carbocycles. The van der Waals surface area contributed by atoms with Gasteiger partial charge in [-0.15, -0.1) is 4.65 Å². The molecule has 208 valence electrons. The second-order valence-corrected chi connectivity index (χ2v) is 10.3. The lowest BCUT2D eigenvalue weighted by molar-refractivity contribution is -1.08. The van der Waals surface area contributed by atoms with Crippen molar-refractivity contribution in [1.29, 1.82) is 0 Å². The Morgan fingerprint density at radius 3 is 1.02 bits per heavy atom. The largest absolute Gasteiger partial charge is 0.397 e. The van der Waals surface area contributed by atoms with Crippen molar-refractivity contribution in [2.45, 2.75) is 20.8 Å². The molecule has 41 heavy (non-hydrogen) atoms. The fourth-order valence-corrected chi connectivity index (χ4v) is 5.79. The van der Waals surface area contributed by atoms with E-state index in [4.69, 9.17) is 4.84 Å². The molecule has 0 heterocycles. The van der Waals surface area contributed by atoms with Crippen molar-refractivity contribution < 1.29 is 14.3 Å². The first kappa shape index (κ1) is 29.6. The smallest absolute Gasteiger partial charge is 0.271 e. The van der Waals surface area contributed by atoms with E-state index in [9.17, 15) is 4.79 Å². The lowest BCUT2D eigenvalue weighted by atomic mass is 9.13. The normalized spacial score (nSPS) is 11.2. The van der Waals surface area contributed by atoms with Crippen molar-refractivity contribution in [2.24, 2.45) is 0 Å². The standard InChI is InChI=1S/C24H20B.C13H20NO2/c1-5-13-21(14-6-1)25(22-15-7-2-8-16-22,23-17-9-3-10-18-23)24-19-11-4-12-20-24;1-4-14(5-2,6-3)16-13(15)12-10-8-7-9-11-12/h1-20H;7-11H,4-6H2,1-3H3/q-1;+1. The van der Waals surface area contributed by atoms with E-state index in [2.05, 4.69) is 121 Å². The average Bonchev–Trinajstić information content (AvgIpc) is 3.07. The van der Waals surface area contributed by atoms with Gasteiger partial charge in [-0.05, 0) is 32.9 Å². The van der Waals surface area contributed by atoms with Gasteiger partial charge < -0.3 is 0 Å². The lowest BCUT2D eigenvalue weighted by Gasteiger charge is -2.44. The number of hydrogen-bond acceptors (Lipinski definition) is 2. The highest BCUT2D eigenvalue weighted by Gasteiger charge is 2.31. The van der Waals surface area contributed by atoms with E-state index >= 15 is 0 Å². The molecule has 0 saturated heterocycles. The second-order valence-electron chi connectivity index (χ2n) is 10.3. The zero-order valence-electron chi connectivity index (χ0n) is 24.4. The minimum Gasteiger partial charge on any atom is -0.271 e. The number of nitrogens with zero attached hydrogens (tertiary/aromatic N) is 1. The SMILES string of the molecule is CC[N+](CC)(CC)OC(=O)c1ccccc1.c1ccc([B-](c2ccccc2)(c2ccccc2)c2ccccc2)cc1. The first-order valence-corrected chi connectivity index (χ1v) is 14.6. The Balaban J connectivity index is 0.000000210. The molecule has 0 fully saturated rings. The van der Waals surface area contributed by atoms with Gasteiger partial charge in [0.15, 0.2) is 0 Å². The number of rotatable bonds is 9. The molecule has 0 N–H and O–H groups in total. The van der Waals surface area contributed by atoms with E-state index in [0.29, 0.717) is 10.2 Å². The Labute approximate surface area is 245 Å². The van der Waals surface area contributed by atoms with E-state index in [1.54, 1.807) is 12.1 Å². The number of carbonyl (C=O) groups excluding carboxylic acids is 1. The van der Waals surface area contributed by atoms with Crippen LogP contribution >= 0.6 is 0 Å². The van der Waals surface area contributed by atoms with Crippen LogP contribution in [0.25, 0.3) is 0 Å². The maximum Gasteiger partial charge on any atom is 0.397 e.